The van der Waals surface area contributed by atoms with Gasteiger partial charge in [0, 0.05) is 12.1 Å². The Kier molecular flexibility index (Phi) is 5.64. The van der Waals surface area contributed by atoms with Crippen LogP contribution in [0.3, 0.4) is 0 Å². The number of nitrogens with zero attached hydrogens (tertiary/aromatic N) is 1. The number of carboxylic acid groups (broad SMARTS) is 1. The Hall–Kier alpha value is -1.95. The lowest BCUT2D eigenvalue weighted by Crippen LogP contribution is -2.24. The fourth-order valence-electron chi connectivity index (χ4n) is 2.07. The second-order valence-electron chi connectivity index (χ2n) is 4.52. The summed E-state index contributed by atoms with van der Waals surface area (Å²) in [4.78, 5) is 12.9. The van der Waals surface area contributed by atoms with E-state index in [1.807, 2.05) is 19.0 Å². The molecule has 0 heterocycles. The van der Waals surface area contributed by atoms with E-state index in [2.05, 4.69) is 0 Å². The fraction of sp³-hybridized carbons (Fsp3) is 0.500. The largest absolute Gasteiger partial charge is 0.496 e. The third-order valence-electron chi connectivity index (χ3n) is 3.08. The van der Waals surface area contributed by atoms with Gasteiger partial charge in [-0.1, -0.05) is 0 Å². The molecule has 0 aromatic heterocycles. The van der Waals surface area contributed by atoms with Gasteiger partial charge >= 0.3 is 5.97 Å². The molecule has 1 aromatic carbocycles. The minimum Gasteiger partial charge on any atom is -0.496 e. The third kappa shape index (κ3) is 3.54. The van der Waals surface area contributed by atoms with Gasteiger partial charge in [-0.2, -0.15) is 0 Å². The summed E-state index contributed by atoms with van der Waals surface area (Å²) in [5.41, 5.74) is 0.697. The Morgan fingerprint density at radius 3 is 1.95 bits per heavy atom. The minimum atomic E-state index is -0.886. The molecule has 0 amide bonds. The van der Waals surface area contributed by atoms with Crippen LogP contribution in [-0.4, -0.2) is 51.4 Å². The summed E-state index contributed by atoms with van der Waals surface area (Å²) >= 11 is 0. The summed E-state index contributed by atoms with van der Waals surface area (Å²) < 4.78 is 15.9. The molecule has 0 saturated carbocycles. The zero-order valence-electron chi connectivity index (χ0n) is 12.5. The molecule has 0 saturated heterocycles. The van der Waals surface area contributed by atoms with E-state index < -0.39 is 5.97 Å². The average Bonchev–Trinajstić information content (AvgIpc) is 2.42. The Labute approximate surface area is 118 Å². The van der Waals surface area contributed by atoms with Crippen molar-refractivity contribution in [1.29, 1.82) is 0 Å². The topological polar surface area (TPSA) is 68.2 Å². The molecular formula is C14H21NO5. The highest BCUT2D eigenvalue weighted by molar-refractivity contribution is 5.69. The Balaban J connectivity index is 3.41. The SMILES string of the molecule is COc1cc(OC)c(C(CC(=O)O)N(C)C)c(OC)c1. The van der Waals surface area contributed by atoms with E-state index in [4.69, 9.17) is 19.3 Å². The van der Waals surface area contributed by atoms with E-state index in [0.29, 0.717) is 22.8 Å². The number of ether oxygens (including phenoxy) is 3. The Bertz CT molecular complexity index is 448. The smallest absolute Gasteiger partial charge is 0.305 e. The first-order chi connectivity index (χ1) is 9.44. The molecule has 1 unspecified atom stereocenters. The lowest BCUT2D eigenvalue weighted by atomic mass is 10.00. The van der Waals surface area contributed by atoms with Crippen LogP contribution in [0, 0.1) is 0 Å². The predicted octanol–water partition coefficient (Wildman–Crippen LogP) is 1.79. The maximum Gasteiger partial charge on any atom is 0.305 e. The minimum absolute atomic E-state index is 0.0496. The third-order valence-corrected chi connectivity index (χ3v) is 3.08. The number of carbonyl (C=O) groups is 1. The van der Waals surface area contributed by atoms with E-state index in [1.54, 1.807) is 19.2 Å². The molecule has 6 nitrogen and oxygen atoms in total. The molecular weight excluding hydrogens is 262 g/mol. The maximum atomic E-state index is 11.1. The van der Waals surface area contributed by atoms with Crippen LogP contribution in [-0.2, 0) is 4.79 Å². The molecule has 0 fully saturated rings. The van der Waals surface area contributed by atoms with Gasteiger partial charge in [0.05, 0.1) is 39.4 Å². The molecule has 112 valence electrons. The van der Waals surface area contributed by atoms with Crippen molar-refractivity contribution >= 4 is 5.97 Å². The van der Waals surface area contributed by atoms with Crippen molar-refractivity contribution in [2.75, 3.05) is 35.4 Å². The number of carboxylic acids is 1. The molecule has 20 heavy (non-hydrogen) atoms. The van der Waals surface area contributed by atoms with Crippen LogP contribution in [0.15, 0.2) is 12.1 Å². The van der Waals surface area contributed by atoms with Gasteiger partial charge in [-0.3, -0.25) is 4.79 Å². The first-order valence-corrected chi connectivity index (χ1v) is 6.12. The van der Waals surface area contributed by atoms with E-state index in [-0.39, 0.29) is 12.5 Å². The Morgan fingerprint density at radius 2 is 1.65 bits per heavy atom. The molecule has 6 heteroatoms. The number of hydrogen-bond donors (Lipinski definition) is 1. The standard InChI is InChI=1S/C14H21NO5/c1-15(2)10(8-13(16)17)14-11(19-4)6-9(18-3)7-12(14)20-5/h6-7,10H,8H2,1-5H3,(H,16,17). The van der Waals surface area contributed by atoms with E-state index in [1.165, 1.54) is 14.2 Å². The zero-order chi connectivity index (χ0) is 15.3. The van der Waals surface area contributed by atoms with Crippen molar-refractivity contribution in [1.82, 2.24) is 4.90 Å². The lowest BCUT2D eigenvalue weighted by Gasteiger charge is -2.27. The fourth-order valence-corrected chi connectivity index (χ4v) is 2.07. The highest BCUT2D eigenvalue weighted by Crippen LogP contribution is 2.41. The molecule has 0 spiro atoms. The molecule has 0 aliphatic heterocycles. The van der Waals surface area contributed by atoms with Crippen LogP contribution >= 0.6 is 0 Å². The molecule has 0 bridgehead atoms. The monoisotopic (exact) mass is 283 g/mol. The van der Waals surface area contributed by atoms with Crippen molar-refractivity contribution in [3.63, 3.8) is 0 Å². The molecule has 0 aliphatic rings. The van der Waals surface area contributed by atoms with Crippen LogP contribution in [0.5, 0.6) is 17.2 Å². The first kappa shape index (κ1) is 16.1. The Morgan fingerprint density at radius 1 is 1.15 bits per heavy atom. The van der Waals surface area contributed by atoms with E-state index >= 15 is 0 Å². The summed E-state index contributed by atoms with van der Waals surface area (Å²) in [6, 6.07) is 3.08. The predicted molar refractivity (Wildman–Crippen MR) is 74.8 cm³/mol. The summed E-state index contributed by atoms with van der Waals surface area (Å²) in [7, 11) is 8.25. The van der Waals surface area contributed by atoms with E-state index in [0.717, 1.165) is 0 Å². The molecule has 0 radical (unpaired) electrons. The summed E-state index contributed by atoms with van der Waals surface area (Å²) in [6.45, 7) is 0. The van der Waals surface area contributed by atoms with Crippen molar-refractivity contribution in [3.05, 3.63) is 17.7 Å². The molecule has 1 aromatic rings. The number of benzene rings is 1. The lowest BCUT2D eigenvalue weighted by molar-refractivity contribution is -0.138. The van der Waals surface area contributed by atoms with Crippen molar-refractivity contribution in [2.24, 2.45) is 0 Å². The van der Waals surface area contributed by atoms with Crippen LogP contribution < -0.4 is 14.2 Å². The molecule has 1 N–H and O–H groups in total. The van der Waals surface area contributed by atoms with Gasteiger partial charge in [-0.25, -0.2) is 0 Å². The van der Waals surface area contributed by atoms with Crippen LogP contribution in [0.25, 0.3) is 0 Å². The van der Waals surface area contributed by atoms with Crippen LogP contribution in [0.1, 0.15) is 18.0 Å². The van der Waals surface area contributed by atoms with Gasteiger partial charge in [0.15, 0.2) is 0 Å². The molecule has 1 atom stereocenters. The molecule has 1 rings (SSSR count). The van der Waals surface area contributed by atoms with Gasteiger partial charge in [-0.05, 0) is 14.1 Å². The quantitative estimate of drug-likeness (QED) is 0.823. The van der Waals surface area contributed by atoms with Gasteiger partial charge in [0.25, 0.3) is 0 Å². The highest BCUT2D eigenvalue weighted by atomic mass is 16.5. The van der Waals surface area contributed by atoms with Crippen molar-refractivity contribution < 1.29 is 24.1 Å². The summed E-state index contributed by atoms with van der Waals surface area (Å²) in [5, 5.41) is 9.09. The van der Waals surface area contributed by atoms with Gasteiger partial charge in [0.1, 0.15) is 17.2 Å². The maximum absolute atomic E-state index is 11.1. The second-order valence-corrected chi connectivity index (χ2v) is 4.52. The summed E-state index contributed by atoms with van der Waals surface area (Å²) in [6.07, 6.45) is -0.0496. The normalized spacial score (nSPS) is 12.1. The first-order valence-electron chi connectivity index (χ1n) is 6.12. The number of hydrogen-bond acceptors (Lipinski definition) is 5. The van der Waals surface area contributed by atoms with Crippen LogP contribution in [0.4, 0.5) is 0 Å². The van der Waals surface area contributed by atoms with Crippen molar-refractivity contribution in [3.8, 4) is 17.2 Å². The van der Waals surface area contributed by atoms with Gasteiger partial charge in [0.2, 0.25) is 0 Å². The average molecular weight is 283 g/mol. The zero-order valence-corrected chi connectivity index (χ0v) is 12.5. The van der Waals surface area contributed by atoms with Crippen LogP contribution in [0.2, 0.25) is 0 Å². The van der Waals surface area contributed by atoms with Gasteiger partial charge in [-0.15, -0.1) is 0 Å². The highest BCUT2D eigenvalue weighted by Gasteiger charge is 2.26. The number of rotatable bonds is 7. The number of methoxy groups -OCH3 is 3. The second kappa shape index (κ2) is 7.00. The van der Waals surface area contributed by atoms with Crippen molar-refractivity contribution in [2.45, 2.75) is 12.5 Å². The van der Waals surface area contributed by atoms with Gasteiger partial charge < -0.3 is 24.2 Å². The molecule has 0 aliphatic carbocycles. The van der Waals surface area contributed by atoms with E-state index in [9.17, 15) is 4.79 Å². The summed E-state index contributed by atoms with van der Waals surface area (Å²) in [5.74, 6) is 0.793. The number of aliphatic carboxylic acids is 1.